The minimum absolute atomic E-state index is 0.136. The van der Waals surface area contributed by atoms with Gasteiger partial charge in [-0.05, 0) is 70.0 Å². The van der Waals surface area contributed by atoms with E-state index in [9.17, 15) is 22.9 Å². The van der Waals surface area contributed by atoms with Crippen molar-refractivity contribution in [2.24, 2.45) is 0 Å². The number of sulfonamides is 1. The van der Waals surface area contributed by atoms with E-state index in [2.05, 4.69) is 26.1 Å². The van der Waals surface area contributed by atoms with Crippen molar-refractivity contribution in [3.05, 3.63) is 93.5 Å². The van der Waals surface area contributed by atoms with Crippen LogP contribution in [0.15, 0.2) is 65.1 Å². The van der Waals surface area contributed by atoms with Gasteiger partial charge in [-0.3, -0.25) is 4.72 Å². The Kier molecular flexibility index (Phi) is 7.42. The monoisotopic (exact) mass is 562 g/mol. The highest BCUT2D eigenvalue weighted by atomic mass is 32.2. The molecule has 3 aromatic rings. The Morgan fingerprint density at radius 2 is 1.90 bits per heavy atom. The third-order valence-corrected chi connectivity index (χ3v) is 7.31. The van der Waals surface area contributed by atoms with E-state index in [-0.39, 0.29) is 16.7 Å². The van der Waals surface area contributed by atoms with Gasteiger partial charge in [0.05, 0.1) is 35.4 Å². The van der Waals surface area contributed by atoms with Crippen LogP contribution in [0, 0.1) is 23.7 Å². The fraction of sp³-hybridized carbons (Fsp3) is 0.286. The lowest BCUT2D eigenvalue weighted by atomic mass is 9.84. The van der Waals surface area contributed by atoms with E-state index in [1.54, 1.807) is 52.8 Å². The number of dihydropyridines is 1. The summed E-state index contributed by atoms with van der Waals surface area (Å²) in [5.41, 5.74) is 2.16. The first kappa shape index (κ1) is 28.3. The Bertz CT molecular complexity index is 1730. The maximum absolute atomic E-state index is 13.3. The van der Waals surface area contributed by atoms with Crippen LogP contribution in [0.5, 0.6) is 0 Å². The fourth-order valence-electron chi connectivity index (χ4n) is 4.42. The third kappa shape index (κ3) is 5.82. The van der Waals surface area contributed by atoms with Crippen LogP contribution in [0.4, 0.5) is 15.0 Å². The molecule has 1 aliphatic heterocycles. The minimum atomic E-state index is -4.06. The Balaban J connectivity index is 1.86. The number of rotatable bonds is 5. The first-order chi connectivity index (χ1) is 18.7. The van der Waals surface area contributed by atoms with Gasteiger partial charge in [0, 0.05) is 16.8 Å². The molecule has 1 aliphatic rings. The second-order valence-corrected chi connectivity index (χ2v) is 12.1. The molecule has 0 saturated carbocycles. The standard InChI is InChI=1S/C28H27FN6O4S/c1-16-22(14-30)24(25(31-6)17(2)32-16)19-9-12-23-21(13-19)26(33-35(23)27(36)39-28(3,4)5)34-40(37,38)15-18-7-10-20(29)11-8-18/h7-13,24,32H,15H2,1-5H3,(H,33,34). The SMILES string of the molecule is [C-]#[N+]C1=C(C)NC(C)=C(C#N)C1c1ccc2c(c1)c(NS(=O)(=O)Cc1ccc(F)cc1)nn2C(=O)OC(C)(C)C. The molecule has 2 N–H and O–H groups in total. The van der Waals surface area contributed by atoms with Crippen molar-refractivity contribution < 1.29 is 22.3 Å². The largest absolute Gasteiger partial charge is 0.442 e. The lowest BCUT2D eigenvalue weighted by Crippen LogP contribution is -2.27. The number of halogens is 1. The quantitative estimate of drug-likeness (QED) is 0.391. The van der Waals surface area contributed by atoms with Crippen molar-refractivity contribution in [3.63, 3.8) is 0 Å². The topological polar surface area (TPSA) is 130 Å². The zero-order valence-corrected chi connectivity index (χ0v) is 23.4. The van der Waals surface area contributed by atoms with Gasteiger partial charge in [-0.2, -0.15) is 9.94 Å². The molecule has 0 fully saturated rings. The van der Waals surface area contributed by atoms with Gasteiger partial charge in [0.2, 0.25) is 10.0 Å². The first-order valence-corrected chi connectivity index (χ1v) is 13.9. The van der Waals surface area contributed by atoms with Gasteiger partial charge < -0.3 is 10.1 Å². The Morgan fingerprint density at radius 3 is 2.50 bits per heavy atom. The van der Waals surface area contributed by atoms with Crippen molar-refractivity contribution in [3.8, 4) is 6.07 Å². The van der Waals surface area contributed by atoms with Crippen LogP contribution in [0.2, 0.25) is 0 Å². The van der Waals surface area contributed by atoms with Crippen molar-refractivity contribution >= 4 is 32.8 Å². The Morgan fingerprint density at radius 1 is 1.23 bits per heavy atom. The van der Waals surface area contributed by atoms with E-state index < -0.39 is 39.2 Å². The van der Waals surface area contributed by atoms with Crippen LogP contribution < -0.4 is 10.0 Å². The van der Waals surface area contributed by atoms with Crippen LogP contribution in [-0.2, 0) is 20.5 Å². The van der Waals surface area contributed by atoms with Gasteiger partial charge in [-0.15, -0.1) is 5.10 Å². The molecule has 1 unspecified atom stereocenters. The Labute approximate surface area is 231 Å². The maximum atomic E-state index is 13.3. The second-order valence-electron chi connectivity index (χ2n) is 10.3. The number of benzene rings is 2. The molecule has 2 heterocycles. The molecule has 0 bridgehead atoms. The van der Waals surface area contributed by atoms with Crippen LogP contribution >= 0.6 is 0 Å². The number of allylic oxidation sites excluding steroid dienone is 3. The molecule has 4 rings (SSSR count). The van der Waals surface area contributed by atoms with E-state index in [1.807, 2.05) is 0 Å². The van der Waals surface area contributed by atoms with Gasteiger partial charge in [0.25, 0.3) is 0 Å². The van der Waals surface area contributed by atoms with Crippen LogP contribution in [0.1, 0.15) is 51.7 Å². The number of carbonyl (C=O) groups excluding carboxylic acids is 1. The zero-order valence-electron chi connectivity index (χ0n) is 22.5. The number of carbonyl (C=O) groups is 1. The number of ether oxygens (including phenoxy) is 1. The lowest BCUT2D eigenvalue weighted by Gasteiger charge is -2.26. The molecular formula is C28H27FN6O4S. The summed E-state index contributed by atoms with van der Waals surface area (Å²) >= 11 is 0. The molecule has 0 amide bonds. The Hall–Kier alpha value is -4.68. The van der Waals surface area contributed by atoms with Crippen molar-refractivity contribution in [2.45, 2.75) is 51.9 Å². The first-order valence-electron chi connectivity index (χ1n) is 12.2. The van der Waals surface area contributed by atoms with Gasteiger partial charge in [-0.25, -0.2) is 22.4 Å². The molecule has 10 nitrogen and oxygen atoms in total. The minimum Gasteiger partial charge on any atom is -0.442 e. The van der Waals surface area contributed by atoms with E-state index in [1.165, 1.54) is 12.1 Å². The number of aromatic nitrogens is 2. The highest BCUT2D eigenvalue weighted by molar-refractivity contribution is 7.91. The molecule has 1 aromatic heterocycles. The lowest BCUT2D eigenvalue weighted by molar-refractivity contribution is 0.0523. The van der Waals surface area contributed by atoms with Crippen LogP contribution in [0.25, 0.3) is 15.7 Å². The van der Waals surface area contributed by atoms with Crippen molar-refractivity contribution in [1.29, 1.82) is 5.26 Å². The average molecular weight is 563 g/mol. The van der Waals surface area contributed by atoms with Gasteiger partial charge >= 0.3 is 6.09 Å². The van der Waals surface area contributed by atoms with Crippen molar-refractivity contribution in [1.82, 2.24) is 15.1 Å². The number of hydrogen-bond donors (Lipinski definition) is 2. The average Bonchev–Trinajstić information content (AvgIpc) is 3.21. The number of nitriles is 1. The van der Waals surface area contributed by atoms with E-state index in [4.69, 9.17) is 11.3 Å². The summed E-state index contributed by atoms with van der Waals surface area (Å²) in [5, 5.41) is 17.5. The number of anilines is 1. The molecule has 12 heteroatoms. The summed E-state index contributed by atoms with van der Waals surface area (Å²) in [6, 6.07) is 12.1. The summed E-state index contributed by atoms with van der Waals surface area (Å²) in [6.45, 7) is 16.3. The highest BCUT2D eigenvalue weighted by Crippen LogP contribution is 2.40. The highest BCUT2D eigenvalue weighted by Gasteiger charge is 2.31. The predicted octanol–water partition coefficient (Wildman–Crippen LogP) is 5.54. The van der Waals surface area contributed by atoms with Gasteiger partial charge in [-0.1, -0.05) is 18.2 Å². The second kappa shape index (κ2) is 10.5. The number of fused-ring (bicyclic) bond motifs is 1. The van der Waals surface area contributed by atoms with Gasteiger partial charge in [0.15, 0.2) is 11.5 Å². The molecule has 0 saturated heterocycles. The normalized spacial score (nSPS) is 15.8. The predicted molar refractivity (Wildman–Crippen MR) is 148 cm³/mol. The van der Waals surface area contributed by atoms with E-state index >= 15 is 0 Å². The zero-order chi connectivity index (χ0) is 29.4. The fourth-order valence-corrected chi connectivity index (χ4v) is 5.57. The molecule has 2 aromatic carbocycles. The third-order valence-electron chi connectivity index (χ3n) is 6.09. The summed E-state index contributed by atoms with van der Waals surface area (Å²) in [7, 11) is -4.06. The number of nitrogens with one attached hydrogen (secondary N) is 2. The summed E-state index contributed by atoms with van der Waals surface area (Å²) in [6.07, 6.45) is -0.817. The molecule has 0 aliphatic carbocycles. The van der Waals surface area contributed by atoms with Crippen LogP contribution in [0.3, 0.4) is 0 Å². The maximum Gasteiger partial charge on any atom is 0.435 e. The molecule has 40 heavy (non-hydrogen) atoms. The molecule has 206 valence electrons. The molecular weight excluding hydrogens is 535 g/mol. The number of nitrogens with zero attached hydrogens (tertiary/aromatic N) is 4. The molecule has 0 radical (unpaired) electrons. The van der Waals surface area contributed by atoms with Crippen LogP contribution in [-0.4, -0.2) is 29.9 Å². The van der Waals surface area contributed by atoms with Gasteiger partial charge in [0.1, 0.15) is 11.4 Å². The molecule has 1 atom stereocenters. The summed E-state index contributed by atoms with van der Waals surface area (Å²) in [5.74, 6) is -1.80. The number of hydrogen-bond acceptors (Lipinski definition) is 7. The smallest absolute Gasteiger partial charge is 0.435 e. The van der Waals surface area contributed by atoms with Crippen molar-refractivity contribution in [2.75, 3.05) is 4.72 Å². The summed E-state index contributed by atoms with van der Waals surface area (Å²) < 4.78 is 48.4. The molecule has 0 spiro atoms. The van der Waals surface area contributed by atoms with E-state index in [0.29, 0.717) is 33.8 Å². The summed E-state index contributed by atoms with van der Waals surface area (Å²) in [4.78, 5) is 16.7. The van der Waals surface area contributed by atoms with E-state index in [0.717, 1.165) is 16.8 Å².